The molecule has 6 heteroatoms. The molecule has 1 amide bonds. The number of nitrogens with two attached hydrogens (primary N) is 1. The second-order valence-electron chi connectivity index (χ2n) is 4.51. The Morgan fingerprint density at radius 3 is 2.81 bits per heavy atom. The summed E-state index contributed by atoms with van der Waals surface area (Å²) in [5.41, 5.74) is 8.22. The monoisotopic (exact) mass is 384 g/mol. The van der Waals surface area contributed by atoms with Crippen molar-refractivity contribution in [1.29, 1.82) is 0 Å². The zero-order valence-corrected chi connectivity index (χ0v) is 14.5. The molecule has 110 valence electrons. The van der Waals surface area contributed by atoms with E-state index < -0.39 is 0 Å². The molecule has 3 N–H and O–H groups in total. The van der Waals surface area contributed by atoms with E-state index in [1.54, 1.807) is 18.2 Å². The van der Waals surface area contributed by atoms with E-state index in [0.29, 0.717) is 10.7 Å². The summed E-state index contributed by atoms with van der Waals surface area (Å²) in [7, 11) is 0. The second-order valence-corrected chi connectivity index (χ2v) is 6.79. The van der Waals surface area contributed by atoms with Crippen LogP contribution in [-0.2, 0) is 4.79 Å². The van der Waals surface area contributed by atoms with E-state index in [2.05, 4.69) is 21.2 Å². The number of halogens is 2. The number of thioether (sulfide) groups is 1. The van der Waals surface area contributed by atoms with E-state index in [4.69, 9.17) is 17.3 Å². The van der Waals surface area contributed by atoms with Gasteiger partial charge in [0.25, 0.3) is 0 Å². The van der Waals surface area contributed by atoms with Crippen molar-refractivity contribution in [2.24, 2.45) is 0 Å². The fourth-order valence-corrected chi connectivity index (χ4v) is 3.34. The van der Waals surface area contributed by atoms with Crippen molar-refractivity contribution in [1.82, 2.24) is 0 Å². The van der Waals surface area contributed by atoms with Crippen molar-refractivity contribution in [3.8, 4) is 0 Å². The van der Waals surface area contributed by atoms with Crippen LogP contribution < -0.4 is 11.1 Å². The molecular formula is C15H14BrClN2OS. The first-order valence-corrected chi connectivity index (χ1v) is 8.35. The van der Waals surface area contributed by atoms with Gasteiger partial charge in [-0.15, -0.1) is 11.8 Å². The van der Waals surface area contributed by atoms with Gasteiger partial charge in [-0.3, -0.25) is 4.79 Å². The van der Waals surface area contributed by atoms with Crippen LogP contribution in [0, 0.1) is 6.92 Å². The number of amides is 1. The summed E-state index contributed by atoms with van der Waals surface area (Å²) in [6, 6.07) is 11.0. The predicted octanol–water partition coefficient (Wildman–Crippen LogP) is 4.72. The zero-order valence-electron chi connectivity index (χ0n) is 11.3. The number of aryl methyl sites for hydroxylation is 1. The standard InChI is InChI=1S/C15H14BrClN2OS/c1-9-2-5-13(11(16)6-9)19-15(20)8-21-14-7-10(18)3-4-12(14)17/h2-7H,8,18H2,1H3,(H,19,20). The molecule has 0 fully saturated rings. The maximum atomic E-state index is 12.0. The minimum atomic E-state index is -0.0944. The number of nitrogen functional groups attached to an aromatic ring is 1. The Balaban J connectivity index is 1.97. The third-order valence-electron chi connectivity index (χ3n) is 2.71. The van der Waals surface area contributed by atoms with E-state index in [1.807, 2.05) is 25.1 Å². The maximum absolute atomic E-state index is 12.0. The molecule has 0 atom stereocenters. The lowest BCUT2D eigenvalue weighted by molar-refractivity contribution is -0.113. The van der Waals surface area contributed by atoms with Crippen molar-refractivity contribution in [3.05, 3.63) is 51.5 Å². The molecule has 0 radical (unpaired) electrons. The summed E-state index contributed by atoms with van der Waals surface area (Å²) in [6.07, 6.45) is 0. The first-order valence-electron chi connectivity index (χ1n) is 6.19. The number of carbonyl (C=O) groups excluding carboxylic acids is 1. The Hall–Kier alpha value is -1.17. The van der Waals surface area contributed by atoms with Crippen LogP contribution in [0.15, 0.2) is 45.8 Å². The van der Waals surface area contributed by atoms with Crippen LogP contribution in [0.1, 0.15) is 5.56 Å². The topological polar surface area (TPSA) is 55.1 Å². The largest absolute Gasteiger partial charge is 0.399 e. The Labute approximate surface area is 141 Å². The normalized spacial score (nSPS) is 10.4. The van der Waals surface area contributed by atoms with Gasteiger partial charge in [-0.2, -0.15) is 0 Å². The third kappa shape index (κ3) is 4.66. The van der Waals surface area contributed by atoms with Crippen molar-refractivity contribution < 1.29 is 4.79 Å². The van der Waals surface area contributed by atoms with Gasteiger partial charge in [-0.05, 0) is 58.7 Å². The van der Waals surface area contributed by atoms with Gasteiger partial charge in [-0.25, -0.2) is 0 Å². The van der Waals surface area contributed by atoms with Crippen LogP contribution in [-0.4, -0.2) is 11.7 Å². The molecule has 0 aliphatic heterocycles. The average molecular weight is 386 g/mol. The van der Waals surface area contributed by atoms with Crippen LogP contribution >= 0.6 is 39.3 Å². The molecule has 3 nitrogen and oxygen atoms in total. The van der Waals surface area contributed by atoms with E-state index in [9.17, 15) is 4.79 Å². The van der Waals surface area contributed by atoms with Crippen LogP contribution in [0.5, 0.6) is 0 Å². The molecule has 0 spiro atoms. The number of carbonyl (C=O) groups is 1. The van der Waals surface area contributed by atoms with E-state index >= 15 is 0 Å². The number of nitrogens with one attached hydrogen (secondary N) is 1. The minimum absolute atomic E-state index is 0.0944. The summed E-state index contributed by atoms with van der Waals surface area (Å²) < 4.78 is 0.864. The Morgan fingerprint density at radius 1 is 1.33 bits per heavy atom. The SMILES string of the molecule is Cc1ccc(NC(=O)CSc2cc(N)ccc2Cl)c(Br)c1. The Kier molecular flexibility index (Phi) is 5.56. The van der Waals surface area contributed by atoms with Gasteiger partial charge < -0.3 is 11.1 Å². The third-order valence-corrected chi connectivity index (χ3v) is 4.87. The van der Waals surface area contributed by atoms with Gasteiger partial charge in [0.15, 0.2) is 0 Å². The molecule has 2 rings (SSSR count). The van der Waals surface area contributed by atoms with Crippen molar-refractivity contribution in [3.63, 3.8) is 0 Å². The average Bonchev–Trinajstić information content (AvgIpc) is 2.43. The molecule has 0 aromatic heterocycles. The fraction of sp³-hybridized carbons (Fsp3) is 0.133. The maximum Gasteiger partial charge on any atom is 0.234 e. The Morgan fingerprint density at radius 2 is 2.10 bits per heavy atom. The molecule has 21 heavy (non-hydrogen) atoms. The van der Waals surface area contributed by atoms with E-state index in [-0.39, 0.29) is 11.7 Å². The summed E-state index contributed by atoms with van der Waals surface area (Å²) >= 11 is 10.9. The highest BCUT2D eigenvalue weighted by Gasteiger charge is 2.08. The molecule has 0 aliphatic rings. The van der Waals surface area contributed by atoms with Gasteiger partial charge in [-0.1, -0.05) is 17.7 Å². The van der Waals surface area contributed by atoms with Crippen LogP contribution in [0.3, 0.4) is 0 Å². The summed E-state index contributed by atoms with van der Waals surface area (Å²) in [5, 5.41) is 3.46. The molecule has 0 bridgehead atoms. The smallest absolute Gasteiger partial charge is 0.234 e. The molecule has 0 unspecified atom stereocenters. The highest BCUT2D eigenvalue weighted by Crippen LogP contribution is 2.29. The number of hydrogen-bond donors (Lipinski definition) is 2. The fourth-order valence-electron chi connectivity index (χ4n) is 1.68. The first kappa shape index (κ1) is 16.2. The molecule has 2 aromatic rings. The molecule has 0 aliphatic carbocycles. The molecule has 0 heterocycles. The van der Waals surface area contributed by atoms with E-state index in [1.165, 1.54) is 11.8 Å². The lowest BCUT2D eigenvalue weighted by Crippen LogP contribution is -2.14. The van der Waals surface area contributed by atoms with Crippen LogP contribution in [0.25, 0.3) is 0 Å². The molecule has 0 saturated heterocycles. The lowest BCUT2D eigenvalue weighted by atomic mass is 10.2. The van der Waals surface area contributed by atoms with E-state index in [0.717, 1.165) is 20.6 Å². The summed E-state index contributed by atoms with van der Waals surface area (Å²) in [6.45, 7) is 1.99. The van der Waals surface area contributed by atoms with Gasteiger partial charge in [0, 0.05) is 15.1 Å². The summed E-state index contributed by atoms with van der Waals surface area (Å²) in [4.78, 5) is 12.8. The van der Waals surface area contributed by atoms with Crippen molar-refractivity contribution in [2.45, 2.75) is 11.8 Å². The van der Waals surface area contributed by atoms with Crippen molar-refractivity contribution in [2.75, 3.05) is 16.8 Å². The molecule has 2 aromatic carbocycles. The van der Waals surface area contributed by atoms with Gasteiger partial charge >= 0.3 is 0 Å². The number of anilines is 2. The number of hydrogen-bond acceptors (Lipinski definition) is 3. The first-order chi connectivity index (χ1) is 9.95. The van der Waals surface area contributed by atoms with Crippen LogP contribution in [0.2, 0.25) is 5.02 Å². The lowest BCUT2D eigenvalue weighted by Gasteiger charge is -2.09. The predicted molar refractivity (Wildman–Crippen MR) is 94.1 cm³/mol. The summed E-state index contributed by atoms with van der Waals surface area (Å²) in [5.74, 6) is 0.173. The van der Waals surface area contributed by atoms with Gasteiger partial charge in [0.05, 0.1) is 16.5 Å². The van der Waals surface area contributed by atoms with Crippen LogP contribution in [0.4, 0.5) is 11.4 Å². The number of rotatable bonds is 4. The quantitative estimate of drug-likeness (QED) is 0.591. The van der Waals surface area contributed by atoms with Gasteiger partial charge in [0.1, 0.15) is 0 Å². The Bertz CT molecular complexity index is 679. The van der Waals surface area contributed by atoms with Gasteiger partial charge in [0.2, 0.25) is 5.91 Å². The van der Waals surface area contributed by atoms with Crippen molar-refractivity contribution >= 4 is 56.6 Å². The molecule has 0 saturated carbocycles. The highest BCUT2D eigenvalue weighted by molar-refractivity contribution is 9.10. The number of benzene rings is 2. The highest BCUT2D eigenvalue weighted by atomic mass is 79.9. The second kappa shape index (κ2) is 7.20. The molecular weight excluding hydrogens is 372 g/mol. The minimum Gasteiger partial charge on any atom is -0.399 e. The zero-order chi connectivity index (χ0) is 15.4.